The monoisotopic (exact) mass is 255 g/mol. The molecule has 0 aliphatic heterocycles. The first-order valence-electron chi connectivity index (χ1n) is 5.51. The van der Waals surface area contributed by atoms with E-state index in [-0.39, 0.29) is 17.2 Å². The first-order chi connectivity index (χ1) is 8.06. The predicted molar refractivity (Wildman–Crippen MR) is 67.7 cm³/mol. The van der Waals surface area contributed by atoms with Crippen molar-refractivity contribution >= 4 is 16.7 Å². The van der Waals surface area contributed by atoms with Gasteiger partial charge in [-0.2, -0.15) is 0 Å². The van der Waals surface area contributed by atoms with Gasteiger partial charge in [-0.25, -0.2) is 0 Å². The third kappa shape index (κ3) is 3.85. The standard InChI is InChI=1S/C12H17NO3S/c1-3-4-7-13-12(15)10-8-9(17(2)16)5-6-11(10)14/h5-6,8,14H,3-4,7H2,1-2H3,(H,13,15). The van der Waals surface area contributed by atoms with Crippen molar-refractivity contribution < 1.29 is 14.1 Å². The number of carbonyl (C=O) groups is 1. The predicted octanol–water partition coefficient (Wildman–Crippen LogP) is 1.66. The van der Waals surface area contributed by atoms with Crippen LogP contribution in [-0.4, -0.2) is 28.0 Å². The molecule has 1 amide bonds. The van der Waals surface area contributed by atoms with E-state index >= 15 is 0 Å². The lowest BCUT2D eigenvalue weighted by atomic mass is 10.2. The number of hydrogen-bond acceptors (Lipinski definition) is 3. The summed E-state index contributed by atoms with van der Waals surface area (Å²) in [7, 11) is -1.16. The Morgan fingerprint density at radius 1 is 1.47 bits per heavy atom. The zero-order valence-corrected chi connectivity index (χ0v) is 10.8. The molecule has 0 spiro atoms. The molecule has 1 rings (SSSR count). The molecule has 5 heteroatoms. The molecule has 0 radical (unpaired) electrons. The molecule has 0 saturated carbocycles. The molecule has 17 heavy (non-hydrogen) atoms. The van der Waals surface area contributed by atoms with E-state index in [2.05, 4.69) is 5.32 Å². The fourth-order valence-electron chi connectivity index (χ4n) is 1.35. The van der Waals surface area contributed by atoms with Gasteiger partial charge >= 0.3 is 0 Å². The Labute approximate surface area is 104 Å². The van der Waals surface area contributed by atoms with E-state index in [9.17, 15) is 14.1 Å². The number of hydrogen-bond donors (Lipinski definition) is 2. The lowest BCUT2D eigenvalue weighted by molar-refractivity contribution is 0.0950. The van der Waals surface area contributed by atoms with Crippen LogP contribution < -0.4 is 5.32 Å². The van der Waals surface area contributed by atoms with Crippen LogP contribution in [0.1, 0.15) is 30.1 Å². The second kappa shape index (κ2) is 6.39. The number of unbranched alkanes of at least 4 members (excludes halogenated alkanes) is 1. The zero-order chi connectivity index (χ0) is 12.8. The van der Waals surface area contributed by atoms with Crippen LogP contribution in [-0.2, 0) is 10.8 Å². The van der Waals surface area contributed by atoms with Gasteiger partial charge in [-0.15, -0.1) is 0 Å². The zero-order valence-electron chi connectivity index (χ0n) is 10.0. The van der Waals surface area contributed by atoms with Crippen LogP contribution in [0, 0.1) is 0 Å². The van der Waals surface area contributed by atoms with Gasteiger partial charge in [0.05, 0.1) is 5.56 Å². The third-order valence-electron chi connectivity index (χ3n) is 2.36. The van der Waals surface area contributed by atoms with Crippen LogP contribution in [0.4, 0.5) is 0 Å². The quantitative estimate of drug-likeness (QED) is 0.786. The summed E-state index contributed by atoms with van der Waals surface area (Å²) in [5.41, 5.74) is 0.175. The van der Waals surface area contributed by atoms with E-state index in [4.69, 9.17) is 0 Å². The van der Waals surface area contributed by atoms with Gasteiger partial charge in [0.2, 0.25) is 0 Å². The summed E-state index contributed by atoms with van der Waals surface area (Å²) < 4.78 is 11.3. The summed E-state index contributed by atoms with van der Waals surface area (Å²) in [5, 5.41) is 12.3. The van der Waals surface area contributed by atoms with Gasteiger partial charge in [-0.05, 0) is 24.6 Å². The third-order valence-corrected chi connectivity index (χ3v) is 3.28. The van der Waals surface area contributed by atoms with E-state index in [0.717, 1.165) is 12.8 Å². The van der Waals surface area contributed by atoms with E-state index < -0.39 is 10.8 Å². The van der Waals surface area contributed by atoms with Crippen LogP contribution in [0.2, 0.25) is 0 Å². The Balaban J connectivity index is 2.84. The minimum atomic E-state index is -1.16. The minimum Gasteiger partial charge on any atom is -0.507 e. The topological polar surface area (TPSA) is 66.4 Å². The Kier molecular flexibility index (Phi) is 5.15. The summed E-state index contributed by atoms with van der Waals surface area (Å²) in [6.07, 6.45) is 3.42. The van der Waals surface area contributed by atoms with Crippen molar-refractivity contribution in [3.8, 4) is 5.75 Å². The number of amides is 1. The molecule has 0 bridgehead atoms. The number of aromatic hydroxyl groups is 1. The highest BCUT2D eigenvalue weighted by Crippen LogP contribution is 2.19. The smallest absolute Gasteiger partial charge is 0.255 e. The number of carbonyl (C=O) groups excluding carboxylic acids is 1. The summed E-state index contributed by atoms with van der Waals surface area (Å²) in [6, 6.07) is 4.41. The van der Waals surface area contributed by atoms with E-state index in [1.54, 1.807) is 6.07 Å². The molecule has 0 fully saturated rings. The lowest BCUT2D eigenvalue weighted by Gasteiger charge is -2.07. The maximum Gasteiger partial charge on any atom is 0.255 e. The van der Waals surface area contributed by atoms with Crippen molar-refractivity contribution in [3.63, 3.8) is 0 Å². The molecule has 1 unspecified atom stereocenters. The van der Waals surface area contributed by atoms with E-state index in [1.807, 2.05) is 6.92 Å². The Bertz CT molecular complexity index is 432. The van der Waals surface area contributed by atoms with Crippen molar-refractivity contribution in [2.24, 2.45) is 0 Å². The average molecular weight is 255 g/mol. The summed E-state index contributed by atoms with van der Waals surface area (Å²) in [5.74, 6) is -0.420. The van der Waals surface area contributed by atoms with Crippen LogP contribution >= 0.6 is 0 Å². The van der Waals surface area contributed by atoms with Gasteiger partial charge in [0.25, 0.3) is 5.91 Å². The van der Waals surface area contributed by atoms with Crippen LogP contribution in [0.3, 0.4) is 0 Å². The Hall–Kier alpha value is -1.36. The van der Waals surface area contributed by atoms with Crippen LogP contribution in [0.5, 0.6) is 5.75 Å². The molecular formula is C12H17NO3S. The normalized spacial score (nSPS) is 12.1. The molecule has 1 aromatic carbocycles. The molecule has 0 saturated heterocycles. The Morgan fingerprint density at radius 3 is 2.76 bits per heavy atom. The maximum absolute atomic E-state index is 11.7. The molecule has 2 N–H and O–H groups in total. The van der Waals surface area contributed by atoms with Crippen LogP contribution in [0.25, 0.3) is 0 Å². The largest absolute Gasteiger partial charge is 0.507 e. The molecule has 1 atom stereocenters. The fraction of sp³-hybridized carbons (Fsp3) is 0.417. The Morgan fingerprint density at radius 2 is 2.18 bits per heavy atom. The number of rotatable bonds is 5. The lowest BCUT2D eigenvalue weighted by Crippen LogP contribution is -2.24. The molecule has 0 heterocycles. The highest BCUT2D eigenvalue weighted by Gasteiger charge is 2.12. The van der Waals surface area contributed by atoms with Crippen molar-refractivity contribution in [1.29, 1.82) is 0 Å². The molecule has 0 aromatic heterocycles. The van der Waals surface area contributed by atoms with E-state index in [0.29, 0.717) is 11.4 Å². The molecular weight excluding hydrogens is 238 g/mol. The van der Waals surface area contributed by atoms with Crippen molar-refractivity contribution in [3.05, 3.63) is 23.8 Å². The number of benzene rings is 1. The molecule has 4 nitrogen and oxygen atoms in total. The van der Waals surface area contributed by atoms with Gasteiger partial charge in [0.15, 0.2) is 0 Å². The van der Waals surface area contributed by atoms with Gasteiger partial charge in [-0.1, -0.05) is 13.3 Å². The average Bonchev–Trinajstić information content (AvgIpc) is 2.29. The highest BCUT2D eigenvalue weighted by atomic mass is 32.2. The van der Waals surface area contributed by atoms with Crippen molar-refractivity contribution in [2.45, 2.75) is 24.7 Å². The first-order valence-corrected chi connectivity index (χ1v) is 7.06. The summed E-state index contributed by atoms with van der Waals surface area (Å²) in [4.78, 5) is 12.3. The first kappa shape index (κ1) is 13.7. The number of phenolic OH excluding ortho intramolecular Hbond substituents is 1. The second-order valence-corrected chi connectivity index (χ2v) is 5.12. The fourth-order valence-corrected chi connectivity index (χ4v) is 1.89. The van der Waals surface area contributed by atoms with Gasteiger partial charge < -0.3 is 10.4 Å². The number of phenols is 1. The van der Waals surface area contributed by atoms with Crippen LogP contribution in [0.15, 0.2) is 23.1 Å². The molecule has 0 aliphatic rings. The van der Waals surface area contributed by atoms with E-state index in [1.165, 1.54) is 18.4 Å². The summed E-state index contributed by atoms with van der Waals surface area (Å²) in [6.45, 7) is 2.61. The minimum absolute atomic E-state index is 0.0896. The van der Waals surface area contributed by atoms with Gasteiger partial charge in [0.1, 0.15) is 5.75 Å². The van der Waals surface area contributed by atoms with Gasteiger partial charge in [-0.3, -0.25) is 9.00 Å². The van der Waals surface area contributed by atoms with Gasteiger partial charge in [0, 0.05) is 28.5 Å². The molecule has 0 aliphatic carbocycles. The summed E-state index contributed by atoms with van der Waals surface area (Å²) >= 11 is 0. The second-order valence-electron chi connectivity index (χ2n) is 3.74. The van der Waals surface area contributed by atoms with Crippen molar-refractivity contribution in [1.82, 2.24) is 5.32 Å². The number of nitrogens with one attached hydrogen (secondary N) is 1. The maximum atomic E-state index is 11.7. The molecule has 1 aromatic rings. The molecule has 94 valence electrons. The van der Waals surface area contributed by atoms with Crippen molar-refractivity contribution in [2.75, 3.05) is 12.8 Å². The SMILES string of the molecule is CCCCNC(=O)c1cc(S(C)=O)ccc1O. The highest BCUT2D eigenvalue weighted by molar-refractivity contribution is 7.84.